The fourth-order valence-electron chi connectivity index (χ4n) is 1.22. The molecule has 0 aliphatic carbocycles. The topological polar surface area (TPSA) is 101 Å². The fourth-order valence-corrected chi connectivity index (χ4v) is 2.40. The van der Waals surface area contributed by atoms with Crippen LogP contribution in [0.4, 0.5) is 5.69 Å². The predicted molar refractivity (Wildman–Crippen MR) is 60.1 cm³/mol. The smallest absolute Gasteiger partial charge is 0.258 e. The molecule has 1 aromatic carbocycles. The Bertz CT molecular complexity index is 599. The lowest BCUT2D eigenvalue weighted by atomic mass is 10.2. The number of non-ortho nitro benzene ring substituents is 1. The molecule has 0 amide bonds. The van der Waals surface area contributed by atoms with Crippen LogP contribution in [0.3, 0.4) is 0 Å². The number of nitrogens with zero attached hydrogens (tertiary/aromatic N) is 2. The van der Waals surface area contributed by atoms with Gasteiger partial charge in [-0.3, -0.25) is 10.1 Å². The monoisotopic (exact) mass is 254 g/mol. The summed E-state index contributed by atoms with van der Waals surface area (Å²) >= 11 is 0. The number of hydrogen-bond acceptors (Lipinski definition) is 5. The molecule has 7 heteroatoms. The van der Waals surface area contributed by atoms with Gasteiger partial charge >= 0.3 is 0 Å². The second-order valence-electron chi connectivity index (χ2n) is 3.64. The highest BCUT2D eigenvalue weighted by Gasteiger charge is 2.24. The summed E-state index contributed by atoms with van der Waals surface area (Å²) in [7, 11) is -3.61. The summed E-state index contributed by atoms with van der Waals surface area (Å²) in [6.45, 7) is 2.97. The number of nitriles is 1. The molecule has 1 aromatic rings. The molecular formula is C10H10N2O4S. The van der Waals surface area contributed by atoms with E-state index < -0.39 is 20.0 Å². The Labute approximate surface area is 98.6 Å². The van der Waals surface area contributed by atoms with Crippen LogP contribution >= 0.6 is 0 Å². The van der Waals surface area contributed by atoms with E-state index in [1.54, 1.807) is 6.07 Å². The minimum absolute atomic E-state index is 0.166. The van der Waals surface area contributed by atoms with Crippen molar-refractivity contribution in [3.63, 3.8) is 0 Å². The average molecular weight is 254 g/mol. The molecule has 90 valence electrons. The predicted octanol–water partition coefficient (Wildman–Crippen LogP) is 1.65. The molecule has 0 aliphatic heterocycles. The van der Waals surface area contributed by atoms with Crippen molar-refractivity contribution in [1.82, 2.24) is 0 Å². The van der Waals surface area contributed by atoms with E-state index in [1.807, 2.05) is 0 Å². The van der Waals surface area contributed by atoms with Crippen LogP contribution in [0.5, 0.6) is 0 Å². The zero-order valence-corrected chi connectivity index (χ0v) is 10.1. The third-order valence-corrected chi connectivity index (χ3v) is 4.43. The zero-order valence-electron chi connectivity index (χ0n) is 9.25. The zero-order chi connectivity index (χ0) is 13.2. The molecule has 0 aliphatic rings. The number of hydrogen-bond donors (Lipinski definition) is 0. The number of nitro groups is 1. The van der Waals surface area contributed by atoms with E-state index >= 15 is 0 Å². The first kappa shape index (κ1) is 13.1. The highest BCUT2D eigenvalue weighted by Crippen LogP contribution is 2.24. The maximum atomic E-state index is 11.9. The van der Waals surface area contributed by atoms with Gasteiger partial charge < -0.3 is 0 Å². The van der Waals surface area contributed by atoms with Gasteiger partial charge in [-0.25, -0.2) is 8.42 Å². The number of sulfone groups is 1. The van der Waals surface area contributed by atoms with Gasteiger partial charge in [0, 0.05) is 12.1 Å². The second kappa shape index (κ2) is 4.51. The molecule has 17 heavy (non-hydrogen) atoms. The third-order valence-electron chi connectivity index (χ3n) is 2.22. The van der Waals surface area contributed by atoms with Crippen molar-refractivity contribution in [3.05, 3.63) is 33.9 Å². The summed E-state index contributed by atoms with van der Waals surface area (Å²) in [4.78, 5) is 9.67. The molecule has 0 bridgehead atoms. The maximum absolute atomic E-state index is 11.9. The highest BCUT2D eigenvalue weighted by molar-refractivity contribution is 7.92. The van der Waals surface area contributed by atoms with E-state index in [0.29, 0.717) is 0 Å². The van der Waals surface area contributed by atoms with Crippen LogP contribution in [0, 0.1) is 21.4 Å². The van der Waals surface area contributed by atoms with Crippen LogP contribution in [-0.2, 0) is 9.84 Å². The molecular weight excluding hydrogens is 244 g/mol. The van der Waals surface area contributed by atoms with Crippen LogP contribution in [-0.4, -0.2) is 18.6 Å². The second-order valence-corrected chi connectivity index (χ2v) is 6.12. The Balaban J connectivity index is 3.49. The van der Waals surface area contributed by atoms with Crippen molar-refractivity contribution in [2.45, 2.75) is 24.0 Å². The van der Waals surface area contributed by atoms with E-state index in [1.165, 1.54) is 13.8 Å². The highest BCUT2D eigenvalue weighted by atomic mass is 32.2. The first-order valence-corrected chi connectivity index (χ1v) is 6.27. The summed E-state index contributed by atoms with van der Waals surface area (Å²) in [6, 6.07) is 4.82. The Morgan fingerprint density at radius 1 is 1.41 bits per heavy atom. The molecule has 0 heterocycles. The molecule has 1 rings (SSSR count). The van der Waals surface area contributed by atoms with Crippen molar-refractivity contribution < 1.29 is 13.3 Å². The quantitative estimate of drug-likeness (QED) is 0.602. The maximum Gasteiger partial charge on any atom is 0.270 e. The lowest BCUT2D eigenvalue weighted by molar-refractivity contribution is -0.384. The van der Waals surface area contributed by atoms with Crippen molar-refractivity contribution in [1.29, 1.82) is 5.26 Å². The summed E-state index contributed by atoms with van der Waals surface area (Å²) < 4.78 is 23.7. The summed E-state index contributed by atoms with van der Waals surface area (Å²) in [5.74, 6) is 0. The van der Waals surface area contributed by atoms with Gasteiger partial charge in [0.05, 0.1) is 20.6 Å². The number of nitro benzene ring substituents is 1. The van der Waals surface area contributed by atoms with Crippen LogP contribution in [0.2, 0.25) is 0 Å². The summed E-state index contributed by atoms with van der Waals surface area (Å²) in [5, 5.41) is 18.7. The molecule has 0 aromatic heterocycles. The first-order chi connectivity index (χ1) is 7.80. The number of benzene rings is 1. The van der Waals surface area contributed by atoms with E-state index in [9.17, 15) is 18.5 Å². The van der Waals surface area contributed by atoms with E-state index in [0.717, 1.165) is 18.2 Å². The minimum Gasteiger partial charge on any atom is -0.258 e. The van der Waals surface area contributed by atoms with Gasteiger partial charge in [0.2, 0.25) is 0 Å². The van der Waals surface area contributed by atoms with Crippen LogP contribution in [0.1, 0.15) is 19.4 Å². The van der Waals surface area contributed by atoms with Crippen molar-refractivity contribution in [2.24, 2.45) is 0 Å². The summed E-state index contributed by atoms with van der Waals surface area (Å²) in [6.07, 6.45) is 0. The van der Waals surface area contributed by atoms with Crippen LogP contribution in [0.15, 0.2) is 23.1 Å². The summed E-state index contributed by atoms with van der Waals surface area (Å²) in [5.41, 5.74) is -0.503. The minimum atomic E-state index is -3.61. The molecule has 0 saturated heterocycles. The SMILES string of the molecule is CC(C)S(=O)(=O)c1ccc([N+](=O)[O-])cc1C#N. The molecule has 0 fully saturated rings. The van der Waals surface area contributed by atoms with Gasteiger partial charge in [-0.15, -0.1) is 0 Å². The molecule has 0 N–H and O–H groups in total. The van der Waals surface area contributed by atoms with Crippen LogP contribution in [0.25, 0.3) is 0 Å². The van der Waals surface area contributed by atoms with Crippen molar-refractivity contribution in [3.8, 4) is 6.07 Å². The van der Waals surface area contributed by atoms with Gasteiger partial charge in [0.25, 0.3) is 5.69 Å². The Hall–Kier alpha value is -1.94. The number of rotatable bonds is 3. The van der Waals surface area contributed by atoms with E-state index in [2.05, 4.69) is 0 Å². The first-order valence-electron chi connectivity index (χ1n) is 4.73. The Morgan fingerprint density at radius 2 is 2.00 bits per heavy atom. The van der Waals surface area contributed by atoms with Gasteiger partial charge in [0.15, 0.2) is 9.84 Å². The van der Waals surface area contributed by atoms with Gasteiger partial charge in [-0.2, -0.15) is 5.26 Å². The lowest BCUT2D eigenvalue weighted by Crippen LogP contribution is -2.15. The Kier molecular flexibility index (Phi) is 3.48. The lowest BCUT2D eigenvalue weighted by Gasteiger charge is -2.08. The Morgan fingerprint density at radius 3 is 2.41 bits per heavy atom. The molecule has 0 saturated carbocycles. The fraction of sp³-hybridized carbons (Fsp3) is 0.300. The molecule has 0 spiro atoms. The third kappa shape index (κ3) is 2.42. The molecule has 6 nitrogen and oxygen atoms in total. The molecule has 0 unspecified atom stereocenters. The normalized spacial score (nSPS) is 11.2. The van der Waals surface area contributed by atoms with E-state index in [-0.39, 0.29) is 16.1 Å². The standard InChI is InChI=1S/C10H10N2O4S/c1-7(2)17(15,16)10-4-3-9(12(13)14)5-8(10)6-11/h3-5,7H,1-2H3. The largest absolute Gasteiger partial charge is 0.270 e. The van der Waals surface area contributed by atoms with Crippen LogP contribution < -0.4 is 0 Å². The van der Waals surface area contributed by atoms with Crippen molar-refractivity contribution >= 4 is 15.5 Å². The van der Waals surface area contributed by atoms with Gasteiger partial charge in [-0.1, -0.05) is 0 Å². The van der Waals surface area contributed by atoms with Gasteiger partial charge in [-0.05, 0) is 19.9 Å². The molecule has 0 radical (unpaired) electrons. The van der Waals surface area contributed by atoms with E-state index in [4.69, 9.17) is 5.26 Å². The average Bonchev–Trinajstić information content (AvgIpc) is 2.27. The van der Waals surface area contributed by atoms with Gasteiger partial charge in [0.1, 0.15) is 6.07 Å². The van der Waals surface area contributed by atoms with Crippen molar-refractivity contribution in [2.75, 3.05) is 0 Å². The molecule has 0 atom stereocenters.